The molecule has 1 atom stereocenters. The molecule has 0 spiro atoms. The molecule has 0 heterocycles. The van der Waals surface area contributed by atoms with Crippen molar-refractivity contribution in [1.82, 2.24) is 0 Å². The molecule has 0 bridgehead atoms. The molecule has 0 radical (unpaired) electrons. The van der Waals surface area contributed by atoms with Gasteiger partial charge in [-0.2, -0.15) is 0 Å². The van der Waals surface area contributed by atoms with Crippen molar-refractivity contribution in [2.45, 2.75) is 38.6 Å². The Bertz CT molecular complexity index is 222. The zero-order valence-corrected chi connectivity index (χ0v) is 9.39. The number of unbranched alkanes of at least 4 members (excludes halogenated alkanes) is 1. The Kier molecular flexibility index (Phi) is 8.14. The van der Waals surface area contributed by atoms with Crippen LogP contribution in [0.1, 0.15) is 32.6 Å². The number of rotatable bonds is 9. The maximum absolute atomic E-state index is 11.2. The topological polar surface area (TPSA) is 105 Å². The van der Waals surface area contributed by atoms with Gasteiger partial charge in [-0.3, -0.25) is 4.79 Å². The van der Waals surface area contributed by atoms with Crippen LogP contribution in [0.5, 0.6) is 0 Å². The fourth-order valence-corrected chi connectivity index (χ4v) is 1.05. The van der Waals surface area contributed by atoms with Crippen LogP contribution < -0.4 is 5.73 Å². The molecule has 0 aliphatic rings. The number of ether oxygens (including phenoxy) is 1. The first-order valence-corrected chi connectivity index (χ1v) is 5.27. The predicted octanol–water partition coefficient (Wildman–Crippen LogP) is 0.646. The largest absolute Gasteiger partial charge is 0.465 e. The van der Waals surface area contributed by atoms with Gasteiger partial charge in [-0.05, 0) is 19.3 Å². The predicted molar refractivity (Wildman–Crippen MR) is 56.0 cm³/mol. The van der Waals surface area contributed by atoms with Crippen molar-refractivity contribution in [1.29, 1.82) is 0 Å². The van der Waals surface area contributed by atoms with Crippen LogP contribution >= 0.6 is 0 Å². The van der Waals surface area contributed by atoms with E-state index in [0.29, 0.717) is 19.3 Å². The minimum absolute atomic E-state index is 0.0194. The Morgan fingerprint density at radius 2 is 2.06 bits per heavy atom. The van der Waals surface area contributed by atoms with Crippen LogP contribution in [0.25, 0.3) is 0 Å². The summed E-state index contributed by atoms with van der Waals surface area (Å²) in [4.78, 5) is 25.1. The van der Waals surface area contributed by atoms with Crippen LogP contribution in [0.15, 0.2) is 0 Å². The number of nitrogens with two attached hydrogens (primary N) is 1. The molecular weight excluding hydrogens is 216 g/mol. The molecule has 0 aliphatic carbocycles. The second-order valence-corrected chi connectivity index (χ2v) is 3.33. The van der Waals surface area contributed by atoms with E-state index in [0.717, 1.165) is 6.42 Å². The molecule has 7 heteroatoms. The van der Waals surface area contributed by atoms with Crippen LogP contribution in [0.3, 0.4) is 0 Å². The van der Waals surface area contributed by atoms with Gasteiger partial charge in [0.25, 0.3) is 5.09 Å². The number of nitrogens with zero attached hydrogens (tertiary/aromatic N) is 1. The average molecular weight is 234 g/mol. The van der Waals surface area contributed by atoms with Crippen molar-refractivity contribution < 1.29 is 19.5 Å². The number of carbonyl (C=O) groups excluding carboxylic acids is 1. The molecule has 0 saturated carbocycles. The number of carbonyl (C=O) groups is 1. The zero-order chi connectivity index (χ0) is 12.4. The summed E-state index contributed by atoms with van der Waals surface area (Å²) in [7, 11) is 0. The Hall–Kier alpha value is -1.37. The van der Waals surface area contributed by atoms with E-state index in [1.54, 1.807) is 0 Å². The smallest absolute Gasteiger partial charge is 0.322 e. The fraction of sp³-hybridized carbons (Fsp3) is 0.889. The molecule has 0 aromatic rings. The number of hydrogen-bond acceptors (Lipinski definition) is 6. The Morgan fingerprint density at radius 3 is 2.62 bits per heavy atom. The number of hydrogen-bond donors (Lipinski definition) is 1. The molecule has 16 heavy (non-hydrogen) atoms. The van der Waals surface area contributed by atoms with Crippen LogP contribution in [0, 0.1) is 10.1 Å². The Labute approximate surface area is 94.0 Å². The van der Waals surface area contributed by atoms with Crippen LogP contribution in [0.2, 0.25) is 0 Å². The van der Waals surface area contributed by atoms with Crippen molar-refractivity contribution in [2.24, 2.45) is 5.73 Å². The first-order valence-electron chi connectivity index (χ1n) is 5.27. The highest BCUT2D eigenvalue weighted by atomic mass is 16.9. The van der Waals surface area contributed by atoms with Crippen molar-refractivity contribution in [3.63, 3.8) is 0 Å². The quantitative estimate of drug-likeness (QED) is 0.272. The second kappa shape index (κ2) is 8.90. The average Bonchev–Trinajstić information content (AvgIpc) is 2.22. The summed E-state index contributed by atoms with van der Waals surface area (Å²) in [6, 6.07) is -0.569. The molecular formula is C9H18N2O5. The van der Waals surface area contributed by atoms with E-state index < -0.39 is 17.1 Å². The van der Waals surface area contributed by atoms with Gasteiger partial charge in [0.1, 0.15) is 6.04 Å². The van der Waals surface area contributed by atoms with Gasteiger partial charge in [0.05, 0.1) is 13.2 Å². The molecule has 0 saturated heterocycles. The molecule has 0 fully saturated rings. The van der Waals surface area contributed by atoms with Crippen molar-refractivity contribution in [3.05, 3.63) is 10.1 Å². The molecule has 94 valence electrons. The normalized spacial score (nSPS) is 11.9. The van der Waals surface area contributed by atoms with Crippen LogP contribution in [-0.2, 0) is 14.4 Å². The lowest BCUT2D eigenvalue weighted by molar-refractivity contribution is -0.757. The molecule has 0 aromatic heterocycles. The summed E-state index contributed by atoms with van der Waals surface area (Å²) in [6.45, 7) is 2.17. The van der Waals surface area contributed by atoms with Gasteiger partial charge < -0.3 is 15.3 Å². The summed E-state index contributed by atoms with van der Waals surface area (Å²) < 4.78 is 4.87. The monoisotopic (exact) mass is 234 g/mol. The van der Waals surface area contributed by atoms with E-state index in [1.807, 2.05) is 6.92 Å². The highest BCUT2D eigenvalue weighted by molar-refractivity contribution is 5.75. The summed E-state index contributed by atoms with van der Waals surface area (Å²) in [5.74, 6) is -0.419. The van der Waals surface area contributed by atoms with Gasteiger partial charge in [0.2, 0.25) is 0 Å². The van der Waals surface area contributed by atoms with Crippen molar-refractivity contribution in [2.75, 3.05) is 13.2 Å². The van der Waals surface area contributed by atoms with E-state index in [2.05, 4.69) is 4.84 Å². The maximum atomic E-state index is 11.2. The second-order valence-electron chi connectivity index (χ2n) is 3.33. The molecule has 7 nitrogen and oxygen atoms in total. The third kappa shape index (κ3) is 7.98. The molecule has 0 aliphatic heterocycles. The molecule has 0 amide bonds. The van der Waals surface area contributed by atoms with Crippen molar-refractivity contribution in [3.8, 4) is 0 Å². The third-order valence-corrected chi connectivity index (χ3v) is 1.88. The first kappa shape index (κ1) is 14.6. The summed E-state index contributed by atoms with van der Waals surface area (Å²) >= 11 is 0. The maximum Gasteiger partial charge on any atom is 0.322 e. The van der Waals surface area contributed by atoms with Gasteiger partial charge in [-0.15, -0.1) is 10.1 Å². The summed E-state index contributed by atoms with van der Waals surface area (Å²) in [5.41, 5.74) is 5.52. The summed E-state index contributed by atoms with van der Waals surface area (Å²) in [5, 5.41) is 8.94. The van der Waals surface area contributed by atoms with Crippen LogP contribution in [-0.4, -0.2) is 30.3 Å². The highest BCUT2D eigenvalue weighted by Gasteiger charge is 2.12. The van der Waals surface area contributed by atoms with E-state index >= 15 is 0 Å². The van der Waals surface area contributed by atoms with Gasteiger partial charge in [-0.1, -0.05) is 13.3 Å². The van der Waals surface area contributed by atoms with E-state index in [9.17, 15) is 14.9 Å². The minimum Gasteiger partial charge on any atom is -0.465 e. The van der Waals surface area contributed by atoms with Crippen molar-refractivity contribution >= 4 is 5.97 Å². The number of esters is 1. The first-order chi connectivity index (χ1) is 7.57. The molecule has 0 aromatic carbocycles. The summed E-state index contributed by atoms with van der Waals surface area (Å²) in [6.07, 6.45) is 2.42. The SMILES string of the molecule is CCCC(N)C(=O)OCCCCO[N+](=O)[O-]. The molecule has 0 rings (SSSR count). The van der Waals surface area contributed by atoms with E-state index in [4.69, 9.17) is 10.5 Å². The standard InChI is InChI=1S/C9H18N2O5/c1-2-5-8(10)9(12)15-6-3-4-7-16-11(13)14/h8H,2-7,10H2,1H3. The minimum atomic E-state index is -0.844. The van der Waals surface area contributed by atoms with Gasteiger partial charge in [0, 0.05) is 0 Å². The molecule has 1 unspecified atom stereocenters. The highest BCUT2D eigenvalue weighted by Crippen LogP contribution is 1.98. The third-order valence-electron chi connectivity index (χ3n) is 1.88. The Morgan fingerprint density at radius 1 is 1.44 bits per heavy atom. The van der Waals surface area contributed by atoms with Gasteiger partial charge in [0.15, 0.2) is 0 Å². The fourth-order valence-electron chi connectivity index (χ4n) is 1.05. The lowest BCUT2D eigenvalue weighted by Crippen LogP contribution is -2.32. The lowest BCUT2D eigenvalue weighted by atomic mass is 10.2. The van der Waals surface area contributed by atoms with Gasteiger partial charge >= 0.3 is 5.97 Å². The Balaban J connectivity index is 3.37. The molecule has 2 N–H and O–H groups in total. The van der Waals surface area contributed by atoms with E-state index in [1.165, 1.54) is 0 Å². The zero-order valence-electron chi connectivity index (χ0n) is 9.39. The lowest BCUT2D eigenvalue weighted by Gasteiger charge is -2.09. The van der Waals surface area contributed by atoms with E-state index in [-0.39, 0.29) is 13.2 Å². The van der Waals surface area contributed by atoms with Gasteiger partial charge in [-0.25, -0.2) is 0 Å². The van der Waals surface area contributed by atoms with Crippen LogP contribution in [0.4, 0.5) is 0 Å².